The average Bonchev–Trinajstić information content (AvgIpc) is 2.26. The SMILES string of the molecule is Nc1nccc(Nc2cc(F)c(Br)cc2F)n1. The molecule has 4 nitrogen and oxygen atoms in total. The Balaban J connectivity index is 2.33. The number of nitrogens with zero attached hydrogens (tertiary/aromatic N) is 2. The third kappa shape index (κ3) is 2.68. The Labute approximate surface area is 104 Å². The molecule has 0 atom stereocenters. The van der Waals surface area contributed by atoms with Crippen LogP contribution in [-0.2, 0) is 0 Å². The minimum absolute atomic E-state index is 0.0243. The summed E-state index contributed by atoms with van der Waals surface area (Å²) in [5.74, 6) is -0.836. The number of aromatic nitrogens is 2. The number of halogens is 3. The van der Waals surface area contributed by atoms with Crippen LogP contribution in [0.15, 0.2) is 28.9 Å². The van der Waals surface area contributed by atoms with E-state index < -0.39 is 11.6 Å². The van der Waals surface area contributed by atoms with Gasteiger partial charge < -0.3 is 11.1 Å². The first-order valence-electron chi connectivity index (χ1n) is 4.56. The normalized spacial score (nSPS) is 10.3. The zero-order valence-electron chi connectivity index (χ0n) is 8.42. The third-order valence-electron chi connectivity index (χ3n) is 1.95. The van der Waals surface area contributed by atoms with Crippen LogP contribution in [0.3, 0.4) is 0 Å². The second-order valence-electron chi connectivity index (χ2n) is 3.17. The molecule has 1 heterocycles. The van der Waals surface area contributed by atoms with E-state index in [0.717, 1.165) is 12.1 Å². The van der Waals surface area contributed by atoms with Gasteiger partial charge in [0.25, 0.3) is 0 Å². The summed E-state index contributed by atoms with van der Waals surface area (Å²) in [4.78, 5) is 7.50. The van der Waals surface area contributed by atoms with Crippen LogP contribution in [0.1, 0.15) is 0 Å². The number of nitrogen functional groups attached to an aromatic ring is 1. The molecule has 0 saturated carbocycles. The molecule has 0 aliphatic rings. The smallest absolute Gasteiger partial charge is 0.221 e. The maximum Gasteiger partial charge on any atom is 0.221 e. The molecule has 2 aromatic rings. The predicted molar refractivity (Wildman–Crippen MR) is 63.8 cm³/mol. The Hall–Kier alpha value is -1.76. The van der Waals surface area contributed by atoms with Crippen LogP contribution in [0, 0.1) is 11.6 Å². The summed E-state index contributed by atoms with van der Waals surface area (Å²) in [7, 11) is 0. The molecule has 1 aromatic heterocycles. The number of nitrogens with one attached hydrogen (secondary N) is 1. The first kappa shape index (κ1) is 11.7. The topological polar surface area (TPSA) is 63.8 Å². The summed E-state index contributed by atoms with van der Waals surface area (Å²) in [5.41, 5.74) is 5.34. The number of nitrogens with two attached hydrogens (primary N) is 1. The summed E-state index contributed by atoms with van der Waals surface area (Å²) in [5, 5.41) is 2.61. The lowest BCUT2D eigenvalue weighted by atomic mass is 10.3. The Morgan fingerprint density at radius 2 is 2.00 bits per heavy atom. The molecule has 0 unspecified atom stereocenters. The highest BCUT2D eigenvalue weighted by Crippen LogP contribution is 2.25. The molecular weight excluding hydrogens is 294 g/mol. The van der Waals surface area contributed by atoms with Crippen molar-refractivity contribution >= 4 is 33.4 Å². The Bertz CT molecular complexity index is 562. The van der Waals surface area contributed by atoms with Crippen LogP contribution in [0.5, 0.6) is 0 Å². The minimum Gasteiger partial charge on any atom is -0.368 e. The van der Waals surface area contributed by atoms with E-state index in [1.165, 1.54) is 12.3 Å². The van der Waals surface area contributed by atoms with E-state index in [1.54, 1.807) is 0 Å². The quantitative estimate of drug-likeness (QED) is 0.837. The molecule has 17 heavy (non-hydrogen) atoms. The van der Waals surface area contributed by atoms with Crippen molar-refractivity contribution in [2.75, 3.05) is 11.1 Å². The first-order chi connectivity index (χ1) is 8.06. The molecule has 0 spiro atoms. The fraction of sp³-hybridized carbons (Fsp3) is 0. The van der Waals surface area contributed by atoms with Crippen molar-refractivity contribution < 1.29 is 8.78 Å². The van der Waals surface area contributed by atoms with Gasteiger partial charge in [-0.3, -0.25) is 0 Å². The van der Waals surface area contributed by atoms with Crippen molar-refractivity contribution in [3.05, 3.63) is 40.5 Å². The van der Waals surface area contributed by atoms with Gasteiger partial charge in [0.2, 0.25) is 5.95 Å². The first-order valence-corrected chi connectivity index (χ1v) is 5.35. The predicted octanol–water partition coefficient (Wildman–Crippen LogP) is 2.84. The van der Waals surface area contributed by atoms with Crippen molar-refractivity contribution in [1.29, 1.82) is 0 Å². The fourth-order valence-electron chi connectivity index (χ4n) is 1.20. The van der Waals surface area contributed by atoms with Gasteiger partial charge in [-0.15, -0.1) is 0 Å². The molecule has 1 aromatic carbocycles. The number of benzene rings is 1. The second kappa shape index (κ2) is 4.62. The molecule has 0 amide bonds. The third-order valence-corrected chi connectivity index (χ3v) is 2.55. The second-order valence-corrected chi connectivity index (χ2v) is 4.03. The van der Waals surface area contributed by atoms with Crippen LogP contribution < -0.4 is 11.1 Å². The molecule has 0 saturated heterocycles. The number of rotatable bonds is 2. The van der Waals surface area contributed by atoms with Crippen molar-refractivity contribution in [1.82, 2.24) is 9.97 Å². The molecule has 3 N–H and O–H groups in total. The Morgan fingerprint density at radius 1 is 1.24 bits per heavy atom. The van der Waals surface area contributed by atoms with E-state index >= 15 is 0 Å². The zero-order chi connectivity index (χ0) is 12.4. The minimum atomic E-state index is -0.601. The lowest BCUT2D eigenvalue weighted by Gasteiger charge is -2.07. The Morgan fingerprint density at radius 3 is 2.71 bits per heavy atom. The van der Waals surface area contributed by atoms with Gasteiger partial charge in [-0.2, -0.15) is 4.98 Å². The van der Waals surface area contributed by atoms with Gasteiger partial charge in [0.05, 0.1) is 10.2 Å². The van der Waals surface area contributed by atoms with Crippen molar-refractivity contribution in [3.63, 3.8) is 0 Å². The highest BCUT2D eigenvalue weighted by atomic mass is 79.9. The van der Waals surface area contributed by atoms with Gasteiger partial charge in [0, 0.05) is 12.3 Å². The summed E-state index contributed by atoms with van der Waals surface area (Å²) < 4.78 is 26.8. The van der Waals surface area contributed by atoms with Crippen LogP contribution >= 0.6 is 15.9 Å². The van der Waals surface area contributed by atoms with Crippen LogP contribution in [0.25, 0.3) is 0 Å². The summed E-state index contributed by atoms with van der Waals surface area (Å²) >= 11 is 2.89. The van der Waals surface area contributed by atoms with E-state index in [1.807, 2.05) is 0 Å². The molecule has 0 aliphatic carbocycles. The molecule has 88 valence electrons. The van der Waals surface area contributed by atoms with Crippen LogP contribution in [-0.4, -0.2) is 9.97 Å². The largest absolute Gasteiger partial charge is 0.368 e. The Kier molecular flexibility index (Phi) is 3.19. The molecule has 0 radical (unpaired) electrons. The maximum absolute atomic E-state index is 13.5. The summed E-state index contributed by atoms with van der Waals surface area (Å²) in [6, 6.07) is 3.55. The van der Waals surface area contributed by atoms with Gasteiger partial charge >= 0.3 is 0 Å². The lowest BCUT2D eigenvalue weighted by Crippen LogP contribution is -2.01. The van der Waals surface area contributed by atoms with Gasteiger partial charge in [0.1, 0.15) is 17.5 Å². The standard InChI is InChI=1S/C10H7BrF2N4/c11-5-3-7(13)8(4-6(5)12)16-9-1-2-15-10(14)17-9/h1-4H,(H3,14,15,16,17). The lowest BCUT2D eigenvalue weighted by molar-refractivity contribution is 0.597. The van der Waals surface area contributed by atoms with Gasteiger partial charge in [-0.1, -0.05) is 0 Å². The highest BCUT2D eigenvalue weighted by molar-refractivity contribution is 9.10. The van der Waals surface area contributed by atoms with Gasteiger partial charge in [0.15, 0.2) is 0 Å². The molecule has 0 aliphatic heterocycles. The van der Waals surface area contributed by atoms with E-state index in [-0.39, 0.29) is 21.9 Å². The monoisotopic (exact) mass is 300 g/mol. The van der Waals surface area contributed by atoms with Crippen molar-refractivity contribution in [2.24, 2.45) is 0 Å². The van der Waals surface area contributed by atoms with E-state index in [9.17, 15) is 8.78 Å². The van der Waals surface area contributed by atoms with Gasteiger partial charge in [-0.05, 0) is 28.1 Å². The van der Waals surface area contributed by atoms with Crippen LogP contribution in [0.4, 0.5) is 26.2 Å². The fourth-order valence-corrected chi connectivity index (χ4v) is 1.52. The van der Waals surface area contributed by atoms with Crippen molar-refractivity contribution in [2.45, 2.75) is 0 Å². The van der Waals surface area contributed by atoms with Crippen LogP contribution in [0.2, 0.25) is 0 Å². The zero-order valence-corrected chi connectivity index (χ0v) is 10.0. The maximum atomic E-state index is 13.5. The number of hydrogen-bond acceptors (Lipinski definition) is 4. The molecule has 0 fully saturated rings. The van der Waals surface area contributed by atoms with E-state index in [2.05, 4.69) is 31.2 Å². The van der Waals surface area contributed by atoms with Gasteiger partial charge in [-0.25, -0.2) is 13.8 Å². The van der Waals surface area contributed by atoms with E-state index in [4.69, 9.17) is 5.73 Å². The molecule has 0 bridgehead atoms. The summed E-state index contributed by atoms with van der Waals surface area (Å²) in [6.45, 7) is 0. The summed E-state index contributed by atoms with van der Waals surface area (Å²) in [6.07, 6.45) is 1.41. The van der Waals surface area contributed by atoms with Crippen molar-refractivity contribution in [3.8, 4) is 0 Å². The molecule has 2 rings (SSSR count). The number of hydrogen-bond donors (Lipinski definition) is 2. The highest BCUT2D eigenvalue weighted by Gasteiger charge is 2.09. The molecule has 7 heteroatoms. The average molecular weight is 301 g/mol. The van der Waals surface area contributed by atoms with E-state index in [0.29, 0.717) is 0 Å². The molecular formula is C10H7BrF2N4. The number of anilines is 3.